The molecule has 2 heterocycles. The highest BCUT2D eigenvalue weighted by Gasteiger charge is 2.33. The van der Waals surface area contributed by atoms with Crippen molar-refractivity contribution in [1.29, 1.82) is 0 Å². The van der Waals surface area contributed by atoms with Crippen molar-refractivity contribution in [3.05, 3.63) is 99.5 Å². The van der Waals surface area contributed by atoms with Gasteiger partial charge in [0.1, 0.15) is 12.4 Å². The van der Waals surface area contributed by atoms with Gasteiger partial charge < -0.3 is 9.84 Å². The van der Waals surface area contributed by atoms with Crippen LogP contribution in [0.1, 0.15) is 50.6 Å². The van der Waals surface area contributed by atoms with Gasteiger partial charge in [0.05, 0.1) is 28.4 Å². The summed E-state index contributed by atoms with van der Waals surface area (Å²) in [6, 6.07) is 12.7. The van der Waals surface area contributed by atoms with Gasteiger partial charge in [-0.25, -0.2) is 17.7 Å². The van der Waals surface area contributed by atoms with Crippen molar-refractivity contribution in [3.8, 4) is 5.88 Å². The zero-order valence-corrected chi connectivity index (χ0v) is 19.2. The van der Waals surface area contributed by atoms with Crippen molar-refractivity contribution in [2.45, 2.75) is 45.3 Å². The Morgan fingerprint density at radius 2 is 1.86 bits per heavy atom. The van der Waals surface area contributed by atoms with Crippen LogP contribution in [0.15, 0.2) is 48.5 Å². The fourth-order valence-electron chi connectivity index (χ4n) is 4.86. The molecule has 1 aliphatic carbocycles. The van der Waals surface area contributed by atoms with Crippen molar-refractivity contribution in [1.82, 2.24) is 9.61 Å². The van der Waals surface area contributed by atoms with Crippen LogP contribution < -0.4 is 4.74 Å². The predicted octanol–water partition coefficient (Wildman–Crippen LogP) is 5.22. The van der Waals surface area contributed by atoms with Crippen LogP contribution in [0, 0.1) is 31.3 Å². The van der Waals surface area contributed by atoms with Gasteiger partial charge in [-0.1, -0.05) is 24.3 Å². The number of aliphatic hydroxyl groups excluding tert-OH is 1. The van der Waals surface area contributed by atoms with E-state index in [1.807, 2.05) is 24.3 Å². The van der Waals surface area contributed by atoms with Crippen molar-refractivity contribution >= 4 is 11.3 Å². The van der Waals surface area contributed by atoms with E-state index in [0.29, 0.717) is 29.3 Å². The van der Waals surface area contributed by atoms with Crippen LogP contribution in [-0.4, -0.2) is 26.6 Å². The van der Waals surface area contributed by atoms with Crippen molar-refractivity contribution in [2.24, 2.45) is 0 Å². The normalized spacial score (nSPS) is 17.1. The Kier molecular flexibility index (Phi) is 5.84. The molecule has 180 valence electrons. The number of aryl methyl sites for hydroxylation is 2. The van der Waals surface area contributed by atoms with E-state index in [0.717, 1.165) is 22.8 Å². The van der Waals surface area contributed by atoms with Gasteiger partial charge in [-0.2, -0.15) is 5.10 Å². The fraction of sp³-hybridized carbons (Fsp3) is 0.259. The number of aliphatic hydroxyl groups is 1. The molecule has 5 rings (SSSR count). The molecule has 0 radical (unpaired) electrons. The van der Waals surface area contributed by atoms with E-state index in [4.69, 9.17) is 4.74 Å². The zero-order valence-electron chi connectivity index (χ0n) is 19.2. The number of hydrogen-bond donors (Lipinski definition) is 1. The lowest BCUT2D eigenvalue weighted by atomic mass is 9.91. The van der Waals surface area contributed by atoms with Crippen LogP contribution >= 0.6 is 0 Å². The topological polar surface area (TPSA) is 63.8 Å². The summed E-state index contributed by atoms with van der Waals surface area (Å²) in [5.74, 6) is -3.72. The molecule has 0 saturated heterocycles. The summed E-state index contributed by atoms with van der Waals surface area (Å²) in [5.41, 5.74) is 3.58. The number of hydrogen-bond acceptors (Lipinski definition) is 4. The number of ketones is 1. The molecular formula is C27H23F3N2O3. The van der Waals surface area contributed by atoms with Gasteiger partial charge in [0, 0.05) is 18.4 Å². The second kappa shape index (κ2) is 8.85. The molecule has 2 aromatic heterocycles. The minimum Gasteiger partial charge on any atom is -0.473 e. The number of carbonyl (C=O) groups excluding carboxylic acids is 1. The number of carbonyl (C=O) groups is 1. The number of benzene rings is 2. The SMILES string of the molecule is Cc1cc(OCc2c(F)ccc(F)c2F)n2nc(C)c(C(=O)CC3c4ccccc4CC3O)c2c1. The number of nitrogens with zero attached hydrogens (tertiary/aromatic N) is 2. The number of fused-ring (bicyclic) bond motifs is 2. The van der Waals surface area contributed by atoms with Crippen molar-refractivity contribution < 1.29 is 27.8 Å². The Bertz CT molecular complexity index is 1460. The van der Waals surface area contributed by atoms with Gasteiger partial charge in [0.15, 0.2) is 17.4 Å². The minimum atomic E-state index is -1.31. The quantitative estimate of drug-likeness (QED) is 0.304. The van der Waals surface area contributed by atoms with Crippen LogP contribution in [0.4, 0.5) is 13.2 Å². The Hall–Kier alpha value is -3.65. The Balaban J connectivity index is 1.47. The maximum absolute atomic E-state index is 14.1. The highest BCUT2D eigenvalue weighted by Crippen LogP contribution is 2.37. The molecule has 5 nitrogen and oxygen atoms in total. The first kappa shape index (κ1) is 23.1. The number of halogens is 3. The smallest absolute Gasteiger partial charge is 0.215 e. The molecule has 0 amide bonds. The summed E-state index contributed by atoms with van der Waals surface area (Å²) in [6.07, 6.45) is -0.0219. The number of pyridine rings is 1. The summed E-state index contributed by atoms with van der Waals surface area (Å²) in [6.45, 7) is 2.94. The molecule has 1 aliphatic rings. The Morgan fingerprint density at radius 3 is 2.66 bits per heavy atom. The molecule has 35 heavy (non-hydrogen) atoms. The highest BCUT2D eigenvalue weighted by molar-refractivity contribution is 6.04. The first-order valence-corrected chi connectivity index (χ1v) is 11.3. The molecule has 0 fully saturated rings. The molecule has 1 N–H and O–H groups in total. The van der Waals surface area contributed by atoms with E-state index in [2.05, 4.69) is 5.10 Å². The van der Waals surface area contributed by atoms with Gasteiger partial charge in [-0.3, -0.25) is 4.79 Å². The lowest BCUT2D eigenvalue weighted by Gasteiger charge is -2.15. The van der Waals surface area contributed by atoms with E-state index >= 15 is 0 Å². The van der Waals surface area contributed by atoms with Crippen LogP contribution in [-0.2, 0) is 13.0 Å². The monoisotopic (exact) mass is 480 g/mol. The van der Waals surface area contributed by atoms with E-state index in [9.17, 15) is 23.1 Å². The molecular weight excluding hydrogens is 457 g/mol. The molecule has 0 bridgehead atoms. The minimum absolute atomic E-state index is 0.115. The van der Waals surface area contributed by atoms with Crippen LogP contribution in [0.5, 0.6) is 5.88 Å². The maximum Gasteiger partial charge on any atom is 0.215 e. The highest BCUT2D eigenvalue weighted by atomic mass is 19.2. The maximum atomic E-state index is 14.1. The molecule has 0 aliphatic heterocycles. The summed E-state index contributed by atoms with van der Waals surface area (Å²) in [4.78, 5) is 13.4. The summed E-state index contributed by atoms with van der Waals surface area (Å²) in [7, 11) is 0. The molecule has 0 saturated carbocycles. The van der Waals surface area contributed by atoms with Crippen LogP contribution in [0.25, 0.3) is 5.52 Å². The number of aromatic nitrogens is 2. The average Bonchev–Trinajstić information content (AvgIpc) is 3.32. The van der Waals surface area contributed by atoms with Crippen LogP contribution in [0.3, 0.4) is 0 Å². The number of ether oxygens (including phenoxy) is 1. The van der Waals surface area contributed by atoms with Crippen molar-refractivity contribution in [2.75, 3.05) is 0 Å². The molecule has 2 unspecified atom stereocenters. The van der Waals surface area contributed by atoms with Crippen molar-refractivity contribution in [3.63, 3.8) is 0 Å². The van der Waals surface area contributed by atoms with E-state index in [1.54, 1.807) is 26.0 Å². The Morgan fingerprint density at radius 1 is 1.11 bits per heavy atom. The second-order valence-electron chi connectivity index (χ2n) is 8.94. The van der Waals surface area contributed by atoms with Gasteiger partial charge in [-0.05, 0) is 55.2 Å². The average molecular weight is 480 g/mol. The largest absolute Gasteiger partial charge is 0.473 e. The predicted molar refractivity (Wildman–Crippen MR) is 123 cm³/mol. The lowest BCUT2D eigenvalue weighted by Crippen LogP contribution is -2.17. The zero-order chi connectivity index (χ0) is 24.9. The summed E-state index contributed by atoms with van der Waals surface area (Å²) >= 11 is 0. The third-order valence-electron chi connectivity index (χ3n) is 6.56. The second-order valence-corrected chi connectivity index (χ2v) is 8.94. The molecule has 4 aromatic rings. The molecule has 8 heteroatoms. The fourth-order valence-corrected chi connectivity index (χ4v) is 4.86. The third-order valence-corrected chi connectivity index (χ3v) is 6.56. The molecule has 0 spiro atoms. The van der Waals surface area contributed by atoms with E-state index in [1.165, 1.54) is 4.52 Å². The number of Topliss-reactive ketones (excluding diaryl/α,β-unsaturated/α-hetero) is 1. The summed E-state index contributed by atoms with van der Waals surface area (Å²) in [5, 5.41) is 15.0. The standard InChI is InChI=1S/C27H23F3N2O3/c1-14-9-22-26(24(34)12-18-17-6-4-3-5-16(17)11-23(18)33)15(2)31-32(22)25(10-14)35-13-19-20(28)7-8-21(29)27(19)30/h3-10,18,23,33H,11-13H2,1-2H3. The van der Waals surface area contributed by atoms with Gasteiger partial charge in [0.25, 0.3) is 0 Å². The number of rotatable bonds is 6. The Labute approximate surface area is 199 Å². The van der Waals surface area contributed by atoms with E-state index in [-0.39, 0.29) is 24.0 Å². The first-order valence-electron chi connectivity index (χ1n) is 11.3. The van der Waals surface area contributed by atoms with Gasteiger partial charge >= 0.3 is 0 Å². The molecule has 2 aromatic carbocycles. The molecule has 2 atom stereocenters. The first-order chi connectivity index (χ1) is 16.7. The summed E-state index contributed by atoms with van der Waals surface area (Å²) < 4.78 is 48.8. The third kappa shape index (κ3) is 4.08. The van der Waals surface area contributed by atoms with Gasteiger partial charge in [-0.15, -0.1) is 0 Å². The lowest BCUT2D eigenvalue weighted by molar-refractivity contribution is 0.0922. The van der Waals surface area contributed by atoms with Crippen LogP contribution in [0.2, 0.25) is 0 Å². The van der Waals surface area contributed by atoms with E-state index < -0.39 is 35.7 Å². The van der Waals surface area contributed by atoms with Gasteiger partial charge in [0.2, 0.25) is 5.88 Å².